The monoisotopic (exact) mass is 316 g/mol. The zero-order chi connectivity index (χ0) is 15.5. The van der Waals surface area contributed by atoms with E-state index in [1.54, 1.807) is 23.7 Å². The summed E-state index contributed by atoms with van der Waals surface area (Å²) in [5.74, 6) is -0.945. The third-order valence-electron chi connectivity index (χ3n) is 4.21. The van der Waals surface area contributed by atoms with Gasteiger partial charge in [-0.3, -0.25) is 14.7 Å². The summed E-state index contributed by atoms with van der Waals surface area (Å²) in [4.78, 5) is 19.1. The Labute approximate surface area is 134 Å². The Hall–Kier alpha value is -1.72. The molecule has 3 heterocycles. The predicted molar refractivity (Wildman–Crippen MR) is 87.1 cm³/mol. The number of hydrogen-bond acceptors (Lipinski definition) is 4. The minimum absolute atomic E-state index is 0.129. The number of likely N-dealkylation sites (tertiary alicyclic amines) is 1. The first kappa shape index (κ1) is 15.2. The first-order chi connectivity index (χ1) is 10.6. The van der Waals surface area contributed by atoms with Crippen molar-refractivity contribution in [1.29, 1.82) is 0 Å². The van der Waals surface area contributed by atoms with Gasteiger partial charge in [0.1, 0.15) is 0 Å². The number of hydrogen-bond donors (Lipinski definition) is 1. The maximum Gasteiger partial charge on any atom is 0.307 e. The smallest absolute Gasteiger partial charge is 0.307 e. The molecule has 116 valence electrons. The molecule has 0 spiro atoms. The highest BCUT2D eigenvalue weighted by atomic mass is 32.1. The van der Waals surface area contributed by atoms with Gasteiger partial charge in [0.2, 0.25) is 0 Å². The number of carbonyl (C=O) groups is 1. The lowest BCUT2D eigenvalue weighted by Crippen LogP contribution is -2.41. The van der Waals surface area contributed by atoms with Gasteiger partial charge in [0.25, 0.3) is 0 Å². The molecule has 1 aliphatic rings. The molecule has 22 heavy (non-hydrogen) atoms. The Morgan fingerprint density at radius 2 is 2.23 bits per heavy atom. The molecule has 1 fully saturated rings. The molecular formula is C17H20N2O2S. The Morgan fingerprint density at radius 3 is 2.86 bits per heavy atom. The van der Waals surface area contributed by atoms with Crippen molar-refractivity contribution in [2.24, 2.45) is 5.92 Å². The average Bonchev–Trinajstić information content (AvgIpc) is 2.95. The van der Waals surface area contributed by atoms with Crippen LogP contribution in [0.15, 0.2) is 36.0 Å². The zero-order valence-corrected chi connectivity index (χ0v) is 13.4. The number of carboxylic acid groups (broad SMARTS) is 1. The lowest BCUT2D eigenvalue weighted by molar-refractivity contribution is -0.143. The molecule has 0 bridgehead atoms. The summed E-state index contributed by atoms with van der Waals surface area (Å²) < 4.78 is 0. The van der Waals surface area contributed by atoms with Gasteiger partial charge < -0.3 is 5.11 Å². The van der Waals surface area contributed by atoms with E-state index >= 15 is 0 Å². The highest BCUT2D eigenvalue weighted by molar-refractivity contribution is 7.10. The first-order valence-corrected chi connectivity index (χ1v) is 8.45. The summed E-state index contributed by atoms with van der Waals surface area (Å²) in [7, 11) is 0. The van der Waals surface area contributed by atoms with Gasteiger partial charge in [0.05, 0.1) is 12.0 Å². The summed E-state index contributed by atoms with van der Waals surface area (Å²) in [6, 6.07) is 6.40. The van der Waals surface area contributed by atoms with Gasteiger partial charge in [0, 0.05) is 23.8 Å². The second kappa shape index (κ2) is 6.58. The molecule has 5 heteroatoms. The van der Waals surface area contributed by atoms with Crippen LogP contribution in [0.25, 0.3) is 0 Å². The summed E-state index contributed by atoms with van der Waals surface area (Å²) in [6.45, 7) is 3.65. The van der Waals surface area contributed by atoms with Crippen molar-refractivity contribution in [2.45, 2.75) is 25.8 Å². The molecule has 2 atom stereocenters. The van der Waals surface area contributed by atoms with Gasteiger partial charge in [0.15, 0.2) is 0 Å². The van der Waals surface area contributed by atoms with Crippen LogP contribution >= 0.6 is 11.3 Å². The average molecular weight is 316 g/mol. The van der Waals surface area contributed by atoms with Crippen LogP contribution in [-0.4, -0.2) is 34.0 Å². The molecule has 0 aliphatic carbocycles. The van der Waals surface area contributed by atoms with Crippen molar-refractivity contribution in [3.05, 3.63) is 52.0 Å². The molecule has 0 aromatic carbocycles. The number of thiophene rings is 1. The van der Waals surface area contributed by atoms with Crippen LogP contribution in [0.3, 0.4) is 0 Å². The highest BCUT2D eigenvalue weighted by Crippen LogP contribution is 2.35. The van der Waals surface area contributed by atoms with Crippen LogP contribution < -0.4 is 0 Å². The molecule has 0 saturated carbocycles. The highest BCUT2D eigenvalue weighted by Gasteiger charge is 2.31. The summed E-state index contributed by atoms with van der Waals surface area (Å²) in [6.07, 6.45) is 5.32. The Morgan fingerprint density at radius 1 is 1.45 bits per heavy atom. The molecule has 0 radical (unpaired) electrons. The number of piperidine rings is 1. The van der Waals surface area contributed by atoms with Gasteiger partial charge in [-0.15, -0.1) is 11.3 Å². The van der Waals surface area contributed by atoms with E-state index in [0.717, 1.165) is 19.4 Å². The van der Waals surface area contributed by atoms with Gasteiger partial charge >= 0.3 is 5.97 Å². The van der Waals surface area contributed by atoms with Crippen LogP contribution in [0.1, 0.15) is 34.9 Å². The van der Waals surface area contributed by atoms with Crippen LogP contribution in [0, 0.1) is 12.8 Å². The normalized spacial score (nSPS) is 20.7. The minimum Gasteiger partial charge on any atom is -0.481 e. The molecule has 1 aliphatic heterocycles. The molecule has 4 nitrogen and oxygen atoms in total. The van der Waals surface area contributed by atoms with Gasteiger partial charge in [-0.05, 0) is 61.0 Å². The van der Waals surface area contributed by atoms with E-state index in [2.05, 4.69) is 28.3 Å². The SMILES string of the molecule is Cc1csc(C(c2ccncc2)N2CCCC(C(=O)O)C2)c1. The number of nitrogens with zero attached hydrogens (tertiary/aromatic N) is 2. The minimum atomic E-state index is -0.680. The first-order valence-electron chi connectivity index (χ1n) is 7.57. The van der Waals surface area contributed by atoms with Gasteiger partial charge in [-0.2, -0.15) is 0 Å². The fourth-order valence-corrected chi connectivity index (χ4v) is 4.20. The van der Waals surface area contributed by atoms with E-state index in [9.17, 15) is 9.90 Å². The number of aliphatic carboxylic acids is 1. The van der Waals surface area contributed by atoms with Crippen LogP contribution in [0.5, 0.6) is 0 Å². The maximum absolute atomic E-state index is 11.4. The van der Waals surface area contributed by atoms with Crippen molar-refractivity contribution in [1.82, 2.24) is 9.88 Å². The number of aryl methyl sites for hydroxylation is 1. The van der Waals surface area contributed by atoms with Crippen LogP contribution in [-0.2, 0) is 4.79 Å². The summed E-state index contributed by atoms with van der Waals surface area (Å²) >= 11 is 1.75. The van der Waals surface area contributed by atoms with Crippen molar-refractivity contribution in [2.75, 3.05) is 13.1 Å². The van der Waals surface area contributed by atoms with Crippen molar-refractivity contribution in [3.63, 3.8) is 0 Å². The number of carboxylic acids is 1. The molecule has 0 amide bonds. The molecule has 1 N–H and O–H groups in total. The maximum atomic E-state index is 11.4. The van der Waals surface area contributed by atoms with Crippen LogP contribution in [0.2, 0.25) is 0 Å². The third kappa shape index (κ3) is 3.20. The lowest BCUT2D eigenvalue weighted by atomic mass is 9.94. The number of aromatic nitrogens is 1. The topological polar surface area (TPSA) is 53.4 Å². The lowest BCUT2D eigenvalue weighted by Gasteiger charge is -2.36. The fourth-order valence-electron chi connectivity index (χ4n) is 3.14. The molecule has 3 rings (SSSR count). The largest absolute Gasteiger partial charge is 0.481 e. The summed E-state index contributed by atoms with van der Waals surface area (Å²) in [5.41, 5.74) is 2.44. The predicted octanol–water partition coefficient (Wildman–Crippen LogP) is 3.34. The Balaban J connectivity index is 1.93. The molecule has 2 unspecified atom stereocenters. The van der Waals surface area contributed by atoms with E-state index in [1.807, 2.05) is 12.1 Å². The van der Waals surface area contributed by atoms with Crippen LogP contribution in [0.4, 0.5) is 0 Å². The quantitative estimate of drug-likeness (QED) is 0.940. The van der Waals surface area contributed by atoms with Gasteiger partial charge in [-0.1, -0.05) is 0 Å². The second-order valence-electron chi connectivity index (χ2n) is 5.88. The van der Waals surface area contributed by atoms with Crippen molar-refractivity contribution < 1.29 is 9.90 Å². The zero-order valence-electron chi connectivity index (χ0n) is 12.6. The second-order valence-corrected chi connectivity index (χ2v) is 6.82. The van der Waals surface area contributed by atoms with Gasteiger partial charge in [-0.25, -0.2) is 0 Å². The van der Waals surface area contributed by atoms with Crippen molar-refractivity contribution >= 4 is 17.3 Å². The molecule has 2 aromatic rings. The van der Waals surface area contributed by atoms with Crippen molar-refractivity contribution in [3.8, 4) is 0 Å². The fraction of sp³-hybridized carbons (Fsp3) is 0.412. The number of pyridine rings is 1. The van der Waals surface area contributed by atoms with E-state index in [-0.39, 0.29) is 12.0 Å². The molecule has 2 aromatic heterocycles. The van der Waals surface area contributed by atoms with E-state index in [4.69, 9.17) is 0 Å². The Bertz CT molecular complexity index is 641. The van der Waals surface area contributed by atoms with E-state index < -0.39 is 5.97 Å². The molecular weight excluding hydrogens is 296 g/mol. The molecule has 1 saturated heterocycles. The van der Waals surface area contributed by atoms with E-state index in [1.165, 1.54) is 16.0 Å². The Kier molecular flexibility index (Phi) is 4.55. The standard InChI is InChI=1S/C17H20N2O2S/c1-12-9-15(22-11-12)16(13-4-6-18-7-5-13)19-8-2-3-14(10-19)17(20)21/h4-7,9,11,14,16H,2-3,8,10H2,1H3,(H,20,21). The third-order valence-corrected chi connectivity index (χ3v) is 5.31. The summed E-state index contributed by atoms with van der Waals surface area (Å²) in [5, 5.41) is 11.5. The van der Waals surface area contributed by atoms with E-state index in [0.29, 0.717) is 6.54 Å². The number of rotatable bonds is 4.